The summed E-state index contributed by atoms with van der Waals surface area (Å²) in [6, 6.07) is 0. The van der Waals surface area contributed by atoms with Crippen LogP contribution in [0, 0.1) is 0 Å². The topological polar surface area (TPSA) is 81.0 Å². The second kappa shape index (κ2) is 3.06. The fraction of sp³-hybridized carbons (Fsp3) is 0.833. The third-order valence-electron chi connectivity index (χ3n) is 1.82. The minimum Gasteiger partial charge on any atom is -0.465 e. The molecule has 11 heavy (non-hydrogen) atoms. The first-order valence-corrected chi connectivity index (χ1v) is 3.45. The Balaban J connectivity index is 2.46. The van der Waals surface area contributed by atoms with Crippen LogP contribution in [0.4, 0.5) is 4.79 Å². The summed E-state index contributed by atoms with van der Waals surface area (Å²) >= 11 is 0. The van der Waals surface area contributed by atoms with Gasteiger partial charge in [-0.25, -0.2) is 4.79 Å². The monoisotopic (exact) mass is 161 g/mol. The lowest BCUT2D eigenvalue weighted by atomic mass is 10.1. The van der Waals surface area contributed by atoms with Crippen molar-refractivity contribution in [2.45, 2.75) is 18.6 Å². The van der Waals surface area contributed by atoms with Crippen molar-refractivity contribution in [3.8, 4) is 0 Å². The van der Waals surface area contributed by atoms with Gasteiger partial charge in [-0.15, -0.1) is 0 Å². The Labute approximate surface area is 63.9 Å². The Hall–Kier alpha value is -0.810. The number of piperidine rings is 1. The van der Waals surface area contributed by atoms with Crippen molar-refractivity contribution in [2.75, 3.05) is 13.1 Å². The molecule has 0 saturated carbocycles. The van der Waals surface area contributed by atoms with Gasteiger partial charge in [-0.3, -0.25) is 0 Å². The molecule has 1 saturated heterocycles. The predicted molar refractivity (Wildman–Crippen MR) is 36.2 cm³/mol. The molecule has 3 N–H and O–H groups in total. The fourth-order valence-electron chi connectivity index (χ4n) is 1.09. The van der Waals surface area contributed by atoms with Gasteiger partial charge in [0.25, 0.3) is 0 Å². The smallest absolute Gasteiger partial charge is 0.407 e. The van der Waals surface area contributed by atoms with Crippen LogP contribution in [0.15, 0.2) is 0 Å². The molecule has 0 aromatic rings. The van der Waals surface area contributed by atoms with Crippen molar-refractivity contribution in [3.63, 3.8) is 0 Å². The van der Waals surface area contributed by atoms with Gasteiger partial charge in [0.2, 0.25) is 0 Å². The zero-order valence-electron chi connectivity index (χ0n) is 5.97. The summed E-state index contributed by atoms with van der Waals surface area (Å²) in [6.45, 7) is 0.310. The first kappa shape index (κ1) is 8.29. The SMILES string of the molecule is O=C(O)N1CC[C@H](O)[C@H](O)C1. The average Bonchev–Trinajstić information content (AvgIpc) is 1.94. The van der Waals surface area contributed by atoms with Crippen LogP contribution in [-0.4, -0.2) is 51.6 Å². The molecule has 0 radical (unpaired) electrons. The van der Waals surface area contributed by atoms with Crippen LogP contribution in [0.2, 0.25) is 0 Å². The summed E-state index contributed by atoms with van der Waals surface area (Å²) < 4.78 is 0. The maximum Gasteiger partial charge on any atom is 0.407 e. The van der Waals surface area contributed by atoms with Crippen molar-refractivity contribution < 1.29 is 20.1 Å². The van der Waals surface area contributed by atoms with E-state index in [0.29, 0.717) is 13.0 Å². The number of hydrogen-bond acceptors (Lipinski definition) is 3. The molecule has 0 aliphatic carbocycles. The molecular formula is C6H11NO4. The van der Waals surface area contributed by atoms with Gasteiger partial charge in [-0.1, -0.05) is 0 Å². The quantitative estimate of drug-likeness (QED) is 0.429. The minimum atomic E-state index is -1.05. The van der Waals surface area contributed by atoms with Crippen LogP contribution in [0.5, 0.6) is 0 Å². The standard InChI is InChI=1S/C6H11NO4/c8-4-1-2-7(6(10)11)3-5(4)9/h4-5,8-9H,1-3H2,(H,10,11)/t4-,5+/m0/s1. The third kappa shape index (κ3) is 1.81. The molecule has 2 atom stereocenters. The average molecular weight is 161 g/mol. The van der Waals surface area contributed by atoms with Crippen LogP contribution in [0.1, 0.15) is 6.42 Å². The molecular weight excluding hydrogens is 150 g/mol. The molecule has 1 rings (SSSR count). The van der Waals surface area contributed by atoms with Crippen LogP contribution < -0.4 is 0 Å². The second-order valence-corrected chi connectivity index (χ2v) is 2.65. The van der Waals surface area contributed by atoms with Crippen molar-refractivity contribution in [3.05, 3.63) is 0 Å². The van der Waals surface area contributed by atoms with E-state index in [4.69, 9.17) is 15.3 Å². The Morgan fingerprint density at radius 2 is 2.00 bits per heavy atom. The van der Waals surface area contributed by atoms with E-state index >= 15 is 0 Å². The summed E-state index contributed by atoms with van der Waals surface area (Å²) in [6.07, 6.45) is -2.44. The Morgan fingerprint density at radius 1 is 1.36 bits per heavy atom. The van der Waals surface area contributed by atoms with E-state index in [0.717, 1.165) is 4.90 Å². The molecule has 1 fully saturated rings. The van der Waals surface area contributed by atoms with Crippen LogP contribution in [0.3, 0.4) is 0 Å². The lowest BCUT2D eigenvalue weighted by Gasteiger charge is -2.31. The molecule has 5 nitrogen and oxygen atoms in total. The van der Waals surface area contributed by atoms with Gasteiger partial charge >= 0.3 is 6.09 Å². The number of carbonyl (C=O) groups is 1. The Bertz CT molecular complexity index is 161. The van der Waals surface area contributed by atoms with Crippen molar-refractivity contribution >= 4 is 6.09 Å². The zero-order chi connectivity index (χ0) is 8.43. The largest absolute Gasteiger partial charge is 0.465 e. The predicted octanol–water partition coefficient (Wildman–Crippen LogP) is -0.908. The highest BCUT2D eigenvalue weighted by Gasteiger charge is 2.28. The van der Waals surface area contributed by atoms with Crippen LogP contribution in [-0.2, 0) is 0 Å². The number of β-amino-alcohol motifs (C(OH)–C–C–N with tert-alkyl or cyclic N) is 1. The molecule has 5 heteroatoms. The van der Waals surface area contributed by atoms with E-state index in [2.05, 4.69) is 0 Å². The molecule has 0 spiro atoms. The number of carboxylic acid groups (broad SMARTS) is 1. The van der Waals surface area contributed by atoms with E-state index in [1.54, 1.807) is 0 Å². The number of aliphatic hydroxyl groups excluding tert-OH is 2. The Kier molecular flexibility index (Phi) is 2.31. The molecule has 0 aromatic heterocycles. The highest BCUT2D eigenvalue weighted by atomic mass is 16.4. The van der Waals surface area contributed by atoms with E-state index in [9.17, 15) is 4.79 Å². The minimum absolute atomic E-state index is 0.0104. The summed E-state index contributed by atoms with van der Waals surface area (Å²) in [7, 11) is 0. The number of likely N-dealkylation sites (tertiary alicyclic amines) is 1. The maximum absolute atomic E-state index is 10.3. The molecule has 0 aromatic carbocycles. The van der Waals surface area contributed by atoms with Crippen molar-refractivity contribution in [2.24, 2.45) is 0 Å². The number of amides is 1. The van der Waals surface area contributed by atoms with Gasteiger partial charge in [-0.05, 0) is 6.42 Å². The van der Waals surface area contributed by atoms with Crippen LogP contribution >= 0.6 is 0 Å². The highest BCUT2D eigenvalue weighted by Crippen LogP contribution is 2.10. The van der Waals surface area contributed by atoms with E-state index < -0.39 is 18.3 Å². The first-order valence-electron chi connectivity index (χ1n) is 3.45. The van der Waals surface area contributed by atoms with E-state index in [-0.39, 0.29) is 6.54 Å². The van der Waals surface area contributed by atoms with E-state index in [1.807, 2.05) is 0 Å². The molecule has 1 heterocycles. The molecule has 1 aliphatic heterocycles. The first-order chi connectivity index (χ1) is 5.11. The summed E-state index contributed by atoms with van der Waals surface area (Å²) in [4.78, 5) is 11.4. The summed E-state index contributed by atoms with van der Waals surface area (Å²) in [5.41, 5.74) is 0. The molecule has 0 unspecified atom stereocenters. The second-order valence-electron chi connectivity index (χ2n) is 2.65. The zero-order valence-corrected chi connectivity index (χ0v) is 5.97. The van der Waals surface area contributed by atoms with Gasteiger partial charge in [0.05, 0.1) is 18.8 Å². The molecule has 1 aliphatic rings. The number of rotatable bonds is 0. The van der Waals surface area contributed by atoms with Crippen molar-refractivity contribution in [1.29, 1.82) is 0 Å². The van der Waals surface area contributed by atoms with Gasteiger partial charge in [0, 0.05) is 6.54 Å². The van der Waals surface area contributed by atoms with Gasteiger partial charge in [0.15, 0.2) is 0 Å². The number of hydrogen-bond donors (Lipinski definition) is 3. The van der Waals surface area contributed by atoms with Gasteiger partial charge < -0.3 is 20.2 Å². The lowest BCUT2D eigenvalue weighted by Crippen LogP contribution is -2.48. The summed E-state index contributed by atoms with van der Waals surface area (Å²) in [5, 5.41) is 26.5. The van der Waals surface area contributed by atoms with E-state index in [1.165, 1.54) is 0 Å². The lowest BCUT2D eigenvalue weighted by molar-refractivity contribution is -0.0328. The molecule has 0 bridgehead atoms. The third-order valence-corrected chi connectivity index (χ3v) is 1.82. The highest BCUT2D eigenvalue weighted by molar-refractivity contribution is 5.65. The van der Waals surface area contributed by atoms with Gasteiger partial charge in [0.1, 0.15) is 0 Å². The maximum atomic E-state index is 10.3. The van der Waals surface area contributed by atoms with Crippen molar-refractivity contribution in [1.82, 2.24) is 4.90 Å². The van der Waals surface area contributed by atoms with Gasteiger partial charge in [-0.2, -0.15) is 0 Å². The fourth-order valence-corrected chi connectivity index (χ4v) is 1.09. The van der Waals surface area contributed by atoms with Crippen LogP contribution in [0.25, 0.3) is 0 Å². The normalized spacial score (nSPS) is 32.0. The Morgan fingerprint density at radius 3 is 2.45 bits per heavy atom. The molecule has 64 valence electrons. The molecule has 1 amide bonds. The number of aliphatic hydroxyl groups is 2. The number of nitrogens with zero attached hydrogens (tertiary/aromatic N) is 1. The summed E-state index contributed by atoms with van der Waals surface area (Å²) in [5.74, 6) is 0.